The van der Waals surface area contributed by atoms with Crippen LogP contribution in [0.15, 0.2) is 24.3 Å². The Hall–Kier alpha value is -1.88. The minimum atomic E-state index is 0.0462. The van der Waals surface area contributed by atoms with Crippen molar-refractivity contribution >= 4 is 11.6 Å². The predicted molar refractivity (Wildman–Crippen MR) is 81.2 cm³/mol. The van der Waals surface area contributed by atoms with Crippen LogP contribution in [0.4, 0.5) is 0 Å². The van der Waals surface area contributed by atoms with E-state index in [-0.39, 0.29) is 17.3 Å². The molecule has 0 aliphatic rings. The molecule has 112 valence electrons. The van der Waals surface area contributed by atoms with Gasteiger partial charge in [0.25, 0.3) is 0 Å². The SMILES string of the molecule is CCCOc1nc(Cl)nc(Oc2ccc(C(C)C)cc2)n1. The van der Waals surface area contributed by atoms with E-state index in [9.17, 15) is 0 Å². The third kappa shape index (κ3) is 4.56. The van der Waals surface area contributed by atoms with E-state index in [1.165, 1.54) is 5.56 Å². The summed E-state index contributed by atoms with van der Waals surface area (Å²) in [5.41, 5.74) is 1.24. The van der Waals surface area contributed by atoms with Gasteiger partial charge in [0.2, 0.25) is 5.28 Å². The second kappa shape index (κ2) is 7.22. The molecule has 0 unspecified atom stereocenters. The number of aromatic nitrogens is 3. The molecular weight excluding hydrogens is 290 g/mol. The Balaban J connectivity index is 2.12. The number of nitrogens with zero attached hydrogens (tertiary/aromatic N) is 3. The van der Waals surface area contributed by atoms with E-state index in [0.717, 1.165) is 6.42 Å². The lowest BCUT2D eigenvalue weighted by Gasteiger charge is -2.08. The van der Waals surface area contributed by atoms with Gasteiger partial charge < -0.3 is 9.47 Å². The smallest absolute Gasteiger partial charge is 0.329 e. The molecule has 0 aliphatic heterocycles. The number of halogens is 1. The van der Waals surface area contributed by atoms with Crippen molar-refractivity contribution in [2.24, 2.45) is 0 Å². The van der Waals surface area contributed by atoms with Gasteiger partial charge in [0.15, 0.2) is 0 Å². The van der Waals surface area contributed by atoms with Crippen molar-refractivity contribution in [2.75, 3.05) is 6.61 Å². The number of rotatable bonds is 6. The summed E-state index contributed by atoms with van der Waals surface area (Å²) in [6.45, 7) is 6.79. The predicted octanol–water partition coefficient (Wildman–Crippen LogP) is 4.23. The molecule has 5 nitrogen and oxygen atoms in total. The standard InChI is InChI=1S/C15H18ClN3O2/c1-4-9-20-14-17-13(16)18-15(19-14)21-12-7-5-11(6-8-12)10(2)3/h5-8,10H,4,9H2,1-3H3. The molecule has 0 atom stereocenters. The molecule has 0 amide bonds. The van der Waals surface area contributed by atoms with E-state index >= 15 is 0 Å². The number of hydrogen-bond donors (Lipinski definition) is 0. The first-order chi connectivity index (χ1) is 10.1. The zero-order chi connectivity index (χ0) is 15.2. The van der Waals surface area contributed by atoms with Crippen LogP contribution < -0.4 is 9.47 Å². The van der Waals surface area contributed by atoms with Gasteiger partial charge in [0, 0.05) is 0 Å². The van der Waals surface area contributed by atoms with Crippen molar-refractivity contribution in [2.45, 2.75) is 33.1 Å². The van der Waals surface area contributed by atoms with Gasteiger partial charge >= 0.3 is 12.0 Å². The minimum Gasteiger partial charge on any atom is -0.463 e. The van der Waals surface area contributed by atoms with Crippen molar-refractivity contribution in [3.8, 4) is 17.8 Å². The molecule has 0 aliphatic carbocycles. The summed E-state index contributed by atoms with van der Waals surface area (Å²) in [6.07, 6.45) is 0.857. The highest BCUT2D eigenvalue weighted by molar-refractivity contribution is 6.28. The molecule has 0 saturated carbocycles. The lowest BCUT2D eigenvalue weighted by Crippen LogP contribution is -2.03. The maximum absolute atomic E-state index is 5.84. The number of ether oxygens (including phenoxy) is 2. The number of hydrogen-bond acceptors (Lipinski definition) is 5. The lowest BCUT2D eigenvalue weighted by molar-refractivity contribution is 0.284. The summed E-state index contributed by atoms with van der Waals surface area (Å²) < 4.78 is 10.9. The molecule has 1 aromatic carbocycles. The fourth-order valence-corrected chi connectivity index (χ4v) is 1.79. The Morgan fingerprint density at radius 1 is 1.05 bits per heavy atom. The van der Waals surface area contributed by atoms with Crippen LogP contribution in [0.25, 0.3) is 0 Å². The molecule has 0 saturated heterocycles. The molecule has 1 heterocycles. The van der Waals surface area contributed by atoms with E-state index in [2.05, 4.69) is 28.8 Å². The molecule has 0 fully saturated rings. The molecule has 0 bridgehead atoms. The van der Waals surface area contributed by atoms with Crippen molar-refractivity contribution in [3.05, 3.63) is 35.1 Å². The summed E-state index contributed by atoms with van der Waals surface area (Å²) in [5, 5.41) is 0.0462. The van der Waals surface area contributed by atoms with E-state index in [0.29, 0.717) is 18.3 Å². The molecule has 0 radical (unpaired) electrons. The molecular formula is C15H18ClN3O2. The van der Waals surface area contributed by atoms with E-state index < -0.39 is 0 Å². The van der Waals surface area contributed by atoms with Crippen LogP contribution in [0.1, 0.15) is 38.7 Å². The molecule has 0 N–H and O–H groups in total. The molecule has 0 spiro atoms. The lowest BCUT2D eigenvalue weighted by atomic mass is 10.0. The van der Waals surface area contributed by atoms with Crippen LogP contribution in [0.5, 0.6) is 17.8 Å². The van der Waals surface area contributed by atoms with Crippen molar-refractivity contribution < 1.29 is 9.47 Å². The first kappa shape index (κ1) is 15.5. The average Bonchev–Trinajstić information content (AvgIpc) is 2.45. The topological polar surface area (TPSA) is 57.1 Å². The highest BCUT2D eigenvalue weighted by atomic mass is 35.5. The Bertz CT molecular complexity index is 588. The van der Waals surface area contributed by atoms with Crippen molar-refractivity contribution in [1.82, 2.24) is 15.0 Å². The molecule has 1 aromatic heterocycles. The fourth-order valence-electron chi connectivity index (χ4n) is 1.64. The average molecular weight is 308 g/mol. The Kier molecular flexibility index (Phi) is 5.33. The first-order valence-electron chi connectivity index (χ1n) is 6.90. The zero-order valence-corrected chi connectivity index (χ0v) is 13.1. The zero-order valence-electron chi connectivity index (χ0n) is 12.3. The monoisotopic (exact) mass is 307 g/mol. The third-order valence-corrected chi connectivity index (χ3v) is 2.93. The second-order valence-corrected chi connectivity index (χ2v) is 5.18. The maximum Gasteiger partial charge on any atom is 0.329 e. The van der Waals surface area contributed by atoms with Crippen LogP contribution in [0, 0.1) is 0 Å². The van der Waals surface area contributed by atoms with Crippen molar-refractivity contribution in [3.63, 3.8) is 0 Å². The first-order valence-corrected chi connectivity index (χ1v) is 7.28. The number of benzene rings is 1. The fraction of sp³-hybridized carbons (Fsp3) is 0.400. The second-order valence-electron chi connectivity index (χ2n) is 4.84. The Morgan fingerprint density at radius 3 is 2.33 bits per heavy atom. The highest BCUT2D eigenvalue weighted by Gasteiger charge is 2.08. The van der Waals surface area contributed by atoms with Crippen LogP contribution in [-0.4, -0.2) is 21.6 Å². The van der Waals surface area contributed by atoms with Gasteiger partial charge in [-0.1, -0.05) is 32.9 Å². The van der Waals surface area contributed by atoms with Crippen LogP contribution >= 0.6 is 11.6 Å². The van der Waals surface area contributed by atoms with E-state index in [1.54, 1.807) is 0 Å². The van der Waals surface area contributed by atoms with Crippen LogP contribution in [-0.2, 0) is 0 Å². The van der Waals surface area contributed by atoms with Crippen LogP contribution in [0.3, 0.4) is 0 Å². The van der Waals surface area contributed by atoms with Gasteiger partial charge in [-0.3, -0.25) is 0 Å². The van der Waals surface area contributed by atoms with Gasteiger partial charge in [0.1, 0.15) is 5.75 Å². The molecule has 6 heteroatoms. The summed E-state index contributed by atoms with van der Waals surface area (Å²) >= 11 is 5.84. The third-order valence-electron chi connectivity index (χ3n) is 2.76. The van der Waals surface area contributed by atoms with Gasteiger partial charge in [-0.15, -0.1) is 4.98 Å². The quantitative estimate of drug-likeness (QED) is 0.799. The molecule has 2 rings (SSSR count). The Labute approximate surface area is 129 Å². The highest BCUT2D eigenvalue weighted by Crippen LogP contribution is 2.23. The Morgan fingerprint density at radius 2 is 1.71 bits per heavy atom. The normalized spacial score (nSPS) is 10.7. The summed E-state index contributed by atoms with van der Waals surface area (Å²) in [5.74, 6) is 1.11. The van der Waals surface area contributed by atoms with Gasteiger partial charge in [0.05, 0.1) is 6.61 Å². The maximum atomic E-state index is 5.84. The van der Waals surface area contributed by atoms with E-state index in [1.807, 2.05) is 31.2 Å². The van der Waals surface area contributed by atoms with Gasteiger partial charge in [-0.2, -0.15) is 9.97 Å². The van der Waals surface area contributed by atoms with Gasteiger partial charge in [-0.25, -0.2) is 0 Å². The summed E-state index contributed by atoms with van der Waals surface area (Å²) in [7, 11) is 0. The minimum absolute atomic E-state index is 0.0462. The molecule has 21 heavy (non-hydrogen) atoms. The molecule has 2 aromatic rings. The summed E-state index contributed by atoms with van der Waals surface area (Å²) in [4.78, 5) is 11.9. The summed E-state index contributed by atoms with van der Waals surface area (Å²) in [6, 6.07) is 8.07. The van der Waals surface area contributed by atoms with Gasteiger partial charge in [-0.05, 0) is 41.6 Å². The van der Waals surface area contributed by atoms with Crippen molar-refractivity contribution in [1.29, 1.82) is 0 Å². The van der Waals surface area contributed by atoms with Crippen LogP contribution in [0.2, 0.25) is 5.28 Å². The largest absolute Gasteiger partial charge is 0.463 e. The van der Waals surface area contributed by atoms with E-state index in [4.69, 9.17) is 21.1 Å².